The van der Waals surface area contributed by atoms with Crippen LogP contribution in [0.2, 0.25) is 10.0 Å². The first-order chi connectivity index (χ1) is 9.20. The van der Waals surface area contributed by atoms with Gasteiger partial charge in [-0.15, -0.1) is 11.8 Å². The van der Waals surface area contributed by atoms with E-state index in [2.05, 4.69) is 12.2 Å². The average Bonchev–Trinajstić information content (AvgIpc) is 2.92. The summed E-state index contributed by atoms with van der Waals surface area (Å²) in [7, 11) is 0. The fourth-order valence-electron chi connectivity index (χ4n) is 2.75. The van der Waals surface area contributed by atoms with Gasteiger partial charge in [0.25, 0.3) is 0 Å². The van der Waals surface area contributed by atoms with E-state index in [0.29, 0.717) is 6.04 Å². The molecule has 106 valence electrons. The van der Waals surface area contributed by atoms with Crippen molar-refractivity contribution in [1.82, 2.24) is 5.32 Å². The molecule has 1 atom stereocenters. The molecule has 1 aliphatic rings. The molecule has 0 radical (unpaired) electrons. The monoisotopic (exact) mass is 317 g/mol. The normalized spacial score (nSPS) is 17.8. The number of nitrogens with one attached hydrogen (secondary N) is 1. The van der Waals surface area contributed by atoms with Crippen LogP contribution in [0.1, 0.15) is 32.6 Å². The molecule has 1 N–H and O–H groups in total. The second-order valence-corrected chi connectivity index (χ2v) is 7.00. The van der Waals surface area contributed by atoms with Gasteiger partial charge < -0.3 is 5.32 Å². The first-order valence-electron chi connectivity index (χ1n) is 7.02. The van der Waals surface area contributed by atoms with Crippen LogP contribution in [0.4, 0.5) is 0 Å². The molecule has 1 fully saturated rings. The van der Waals surface area contributed by atoms with Crippen LogP contribution >= 0.6 is 35.0 Å². The maximum absolute atomic E-state index is 6.22. The van der Waals surface area contributed by atoms with Crippen LogP contribution in [-0.4, -0.2) is 18.3 Å². The van der Waals surface area contributed by atoms with Crippen molar-refractivity contribution in [1.29, 1.82) is 0 Å². The van der Waals surface area contributed by atoms with Crippen LogP contribution in [0, 0.1) is 5.92 Å². The second-order valence-electron chi connectivity index (χ2n) is 5.09. The Morgan fingerprint density at radius 1 is 1.32 bits per heavy atom. The van der Waals surface area contributed by atoms with Crippen LogP contribution in [0.5, 0.6) is 0 Å². The Morgan fingerprint density at radius 2 is 2.05 bits per heavy atom. The van der Waals surface area contributed by atoms with Crippen molar-refractivity contribution < 1.29 is 0 Å². The minimum Gasteiger partial charge on any atom is -0.313 e. The minimum atomic E-state index is 0.590. The molecule has 0 aromatic heterocycles. The van der Waals surface area contributed by atoms with Crippen LogP contribution in [-0.2, 0) is 0 Å². The van der Waals surface area contributed by atoms with Crippen LogP contribution in [0.15, 0.2) is 23.1 Å². The van der Waals surface area contributed by atoms with Gasteiger partial charge in [0.05, 0.1) is 5.02 Å². The van der Waals surface area contributed by atoms with Gasteiger partial charge in [-0.2, -0.15) is 0 Å². The zero-order chi connectivity index (χ0) is 13.7. The van der Waals surface area contributed by atoms with Gasteiger partial charge in [-0.3, -0.25) is 0 Å². The van der Waals surface area contributed by atoms with Crippen molar-refractivity contribution in [2.75, 3.05) is 12.3 Å². The van der Waals surface area contributed by atoms with Gasteiger partial charge in [0, 0.05) is 21.7 Å². The molecule has 0 heterocycles. The average molecular weight is 318 g/mol. The van der Waals surface area contributed by atoms with E-state index >= 15 is 0 Å². The summed E-state index contributed by atoms with van der Waals surface area (Å²) in [5, 5.41) is 5.19. The summed E-state index contributed by atoms with van der Waals surface area (Å²) in [4.78, 5) is 1.09. The van der Waals surface area contributed by atoms with E-state index < -0.39 is 0 Å². The topological polar surface area (TPSA) is 12.0 Å². The van der Waals surface area contributed by atoms with Crippen molar-refractivity contribution in [2.45, 2.75) is 43.5 Å². The predicted octanol–water partition coefficient (Wildman–Crippen LogP) is 5.25. The summed E-state index contributed by atoms with van der Waals surface area (Å²) in [6, 6.07) is 6.27. The van der Waals surface area contributed by atoms with Crippen molar-refractivity contribution >= 4 is 35.0 Å². The quantitative estimate of drug-likeness (QED) is 0.719. The molecular weight excluding hydrogens is 297 g/mol. The first-order valence-corrected chi connectivity index (χ1v) is 8.76. The Hall–Kier alpha value is 0.110. The van der Waals surface area contributed by atoms with Crippen molar-refractivity contribution in [3.05, 3.63) is 28.2 Å². The van der Waals surface area contributed by atoms with Crippen LogP contribution in [0.3, 0.4) is 0 Å². The molecule has 0 saturated heterocycles. The second kappa shape index (κ2) is 7.78. The zero-order valence-corrected chi connectivity index (χ0v) is 13.6. The molecule has 0 bridgehead atoms. The maximum Gasteiger partial charge on any atom is 0.0542 e. The smallest absolute Gasteiger partial charge is 0.0542 e. The summed E-state index contributed by atoms with van der Waals surface area (Å²) in [5.74, 6) is 1.89. The van der Waals surface area contributed by atoms with E-state index in [-0.39, 0.29) is 0 Å². The third kappa shape index (κ3) is 4.56. The lowest BCUT2D eigenvalue weighted by Gasteiger charge is -2.24. The number of hydrogen-bond donors (Lipinski definition) is 1. The molecule has 0 spiro atoms. The van der Waals surface area contributed by atoms with Gasteiger partial charge >= 0.3 is 0 Å². The molecule has 1 unspecified atom stereocenters. The molecule has 1 nitrogen and oxygen atoms in total. The molecule has 0 amide bonds. The Bertz CT molecular complexity index is 405. The van der Waals surface area contributed by atoms with Crippen molar-refractivity contribution in [2.24, 2.45) is 5.92 Å². The van der Waals surface area contributed by atoms with Crippen LogP contribution in [0.25, 0.3) is 0 Å². The largest absolute Gasteiger partial charge is 0.313 e. The molecular formula is C15H21Cl2NS. The summed E-state index contributed by atoms with van der Waals surface area (Å²) in [6.45, 7) is 3.21. The molecule has 4 heteroatoms. The van der Waals surface area contributed by atoms with E-state index in [1.807, 2.05) is 30.0 Å². The number of halogens is 2. The number of thioether (sulfide) groups is 1. The lowest BCUT2D eigenvalue weighted by molar-refractivity contribution is 0.394. The SMILES string of the molecule is CCNC(CSc1cc(Cl)ccc1Cl)C1CCCC1. The molecule has 19 heavy (non-hydrogen) atoms. The van der Waals surface area contributed by atoms with Gasteiger partial charge in [-0.1, -0.05) is 43.0 Å². The minimum absolute atomic E-state index is 0.590. The highest BCUT2D eigenvalue weighted by Crippen LogP contribution is 2.34. The lowest BCUT2D eigenvalue weighted by Crippen LogP contribution is -2.37. The first kappa shape index (κ1) is 15.5. The highest BCUT2D eigenvalue weighted by Gasteiger charge is 2.24. The third-order valence-electron chi connectivity index (χ3n) is 3.75. The van der Waals surface area contributed by atoms with E-state index in [1.165, 1.54) is 25.7 Å². The van der Waals surface area contributed by atoms with E-state index in [9.17, 15) is 0 Å². The summed E-state index contributed by atoms with van der Waals surface area (Å²) < 4.78 is 0. The van der Waals surface area contributed by atoms with E-state index in [1.54, 1.807) is 0 Å². The Kier molecular flexibility index (Phi) is 6.34. The fraction of sp³-hybridized carbons (Fsp3) is 0.600. The van der Waals surface area contributed by atoms with Gasteiger partial charge in [0.2, 0.25) is 0 Å². The predicted molar refractivity (Wildman–Crippen MR) is 86.6 cm³/mol. The highest BCUT2D eigenvalue weighted by molar-refractivity contribution is 7.99. The van der Waals surface area contributed by atoms with Gasteiger partial charge in [-0.25, -0.2) is 0 Å². The standard InChI is InChI=1S/C15H21Cl2NS/c1-2-18-14(11-5-3-4-6-11)10-19-15-9-12(16)7-8-13(15)17/h7-9,11,14,18H,2-6,10H2,1H3. The van der Waals surface area contributed by atoms with Crippen LogP contribution < -0.4 is 5.32 Å². The Balaban J connectivity index is 1.95. The van der Waals surface area contributed by atoms with Gasteiger partial charge in [0.1, 0.15) is 0 Å². The zero-order valence-electron chi connectivity index (χ0n) is 11.3. The highest BCUT2D eigenvalue weighted by atomic mass is 35.5. The molecule has 1 saturated carbocycles. The molecule has 1 aromatic rings. The van der Waals surface area contributed by atoms with Crippen molar-refractivity contribution in [3.63, 3.8) is 0 Å². The van der Waals surface area contributed by atoms with E-state index in [4.69, 9.17) is 23.2 Å². The van der Waals surface area contributed by atoms with E-state index in [0.717, 1.165) is 33.2 Å². The molecule has 0 aliphatic heterocycles. The Morgan fingerprint density at radius 3 is 2.74 bits per heavy atom. The Labute approximate surface area is 130 Å². The number of benzene rings is 1. The van der Waals surface area contributed by atoms with Gasteiger partial charge in [0.15, 0.2) is 0 Å². The number of hydrogen-bond acceptors (Lipinski definition) is 2. The molecule has 2 rings (SSSR count). The van der Waals surface area contributed by atoms with Crippen molar-refractivity contribution in [3.8, 4) is 0 Å². The number of rotatable bonds is 6. The lowest BCUT2D eigenvalue weighted by atomic mass is 10.00. The molecule has 1 aliphatic carbocycles. The maximum atomic E-state index is 6.22. The molecule has 1 aromatic carbocycles. The summed E-state index contributed by atoms with van der Waals surface area (Å²) in [6.07, 6.45) is 5.49. The third-order valence-corrected chi connectivity index (χ3v) is 5.60. The summed E-state index contributed by atoms with van der Waals surface area (Å²) >= 11 is 14.1. The fourth-order valence-corrected chi connectivity index (χ4v) is 4.43. The summed E-state index contributed by atoms with van der Waals surface area (Å²) in [5.41, 5.74) is 0. The van der Waals surface area contributed by atoms with Gasteiger partial charge in [-0.05, 0) is 43.5 Å².